The summed E-state index contributed by atoms with van der Waals surface area (Å²) in [7, 11) is 2.24. The van der Waals surface area contributed by atoms with Crippen LogP contribution in [0, 0.1) is 5.92 Å². The van der Waals surface area contributed by atoms with Crippen molar-refractivity contribution in [2.24, 2.45) is 5.92 Å². The van der Waals surface area contributed by atoms with Crippen LogP contribution in [-0.2, 0) is 6.54 Å². The molecule has 0 bridgehead atoms. The van der Waals surface area contributed by atoms with Gasteiger partial charge in [0.05, 0.1) is 6.10 Å². The van der Waals surface area contributed by atoms with Crippen LogP contribution in [0.1, 0.15) is 44.1 Å². The fourth-order valence-corrected chi connectivity index (χ4v) is 4.39. The third-order valence-corrected chi connectivity index (χ3v) is 5.68. The smallest absolute Gasteiger partial charge is 0.0695 e. The minimum absolute atomic E-state index is 0.0824. The Kier molecular flexibility index (Phi) is 6.09. The van der Waals surface area contributed by atoms with E-state index >= 15 is 0 Å². The lowest BCUT2D eigenvalue weighted by molar-refractivity contribution is 0.00168. The van der Waals surface area contributed by atoms with Crippen molar-refractivity contribution in [2.75, 3.05) is 26.7 Å². The largest absolute Gasteiger partial charge is 0.391 e. The van der Waals surface area contributed by atoms with E-state index in [9.17, 15) is 5.11 Å². The number of likely N-dealkylation sites (tertiary alicyclic amines) is 1. The van der Waals surface area contributed by atoms with Crippen molar-refractivity contribution in [2.45, 2.75) is 57.2 Å². The Bertz CT molecular complexity index is 456. The second-order valence-electron chi connectivity index (χ2n) is 7.58. The number of aliphatic hydroxyl groups excluding tert-OH is 1. The second kappa shape index (κ2) is 8.27. The number of benzene rings is 1. The van der Waals surface area contributed by atoms with Crippen molar-refractivity contribution < 1.29 is 5.11 Å². The van der Waals surface area contributed by atoms with Gasteiger partial charge in [-0.1, -0.05) is 43.2 Å². The van der Waals surface area contributed by atoms with E-state index in [4.69, 9.17) is 0 Å². The van der Waals surface area contributed by atoms with E-state index < -0.39 is 0 Å². The summed E-state index contributed by atoms with van der Waals surface area (Å²) in [5.41, 5.74) is 1.40. The molecule has 23 heavy (non-hydrogen) atoms. The van der Waals surface area contributed by atoms with E-state index in [0.717, 1.165) is 18.9 Å². The number of hydrogen-bond donors (Lipinski definition) is 1. The van der Waals surface area contributed by atoms with E-state index in [1.54, 1.807) is 0 Å². The lowest BCUT2D eigenvalue weighted by atomic mass is 9.88. The molecular formula is C20H32N2O. The minimum Gasteiger partial charge on any atom is -0.391 e. The van der Waals surface area contributed by atoms with Crippen molar-refractivity contribution in [3.8, 4) is 0 Å². The maximum Gasteiger partial charge on any atom is 0.0695 e. The van der Waals surface area contributed by atoms with E-state index in [-0.39, 0.29) is 6.10 Å². The van der Waals surface area contributed by atoms with Gasteiger partial charge in [-0.15, -0.1) is 0 Å². The first kappa shape index (κ1) is 16.9. The molecule has 0 aromatic heterocycles. The van der Waals surface area contributed by atoms with Gasteiger partial charge >= 0.3 is 0 Å². The van der Waals surface area contributed by atoms with Crippen molar-refractivity contribution in [1.29, 1.82) is 0 Å². The van der Waals surface area contributed by atoms with Gasteiger partial charge in [-0.2, -0.15) is 0 Å². The molecule has 1 aliphatic heterocycles. The van der Waals surface area contributed by atoms with Gasteiger partial charge in [0.2, 0.25) is 0 Å². The Morgan fingerprint density at radius 1 is 1.04 bits per heavy atom. The van der Waals surface area contributed by atoms with Gasteiger partial charge in [-0.05, 0) is 57.3 Å². The maximum absolute atomic E-state index is 10.2. The molecule has 1 N–H and O–H groups in total. The van der Waals surface area contributed by atoms with Gasteiger partial charge in [-0.25, -0.2) is 0 Å². The van der Waals surface area contributed by atoms with Crippen molar-refractivity contribution in [1.82, 2.24) is 9.80 Å². The molecule has 0 radical (unpaired) electrons. The Morgan fingerprint density at radius 3 is 2.43 bits per heavy atom. The minimum atomic E-state index is -0.0824. The Labute approximate surface area is 141 Å². The lowest BCUT2D eigenvalue weighted by Gasteiger charge is -2.42. The molecule has 3 rings (SSSR count). The molecule has 2 fully saturated rings. The molecule has 128 valence electrons. The quantitative estimate of drug-likeness (QED) is 0.904. The predicted molar refractivity (Wildman–Crippen MR) is 95.3 cm³/mol. The standard InChI is InChI=1S/C20H32N2O/c1-21(15-17-7-3-2-4-8-17)16-18-11-13-22(14-12-18)19-9-5-6-10-20(19)23/h2-4,7-8,18-20,23H,5-6,9-16H2,1H3/t19-,20+/m1/s1. The van der Waals surface area contributed by atoms with Crippen LogP contribution in [0.2, 0.25) is 0 Å². The number of aliphatic hydroxyl groups is 1. The van der Waals surface area contributed by atoms with Crippen LogP contribution in [0.4, 0.5) is 0 Å². The van der Waals surface area contributed by atoms with Gasteiger partial charge in [0, 0.05) is 19.1 Å². The summed E-state index contributed by atoms with van der Waals surface area (Å²) in [4.78, 5) is 5.03. The number of rotatable bonds is 5. The van der Waals surface area contributed by atoms with Gasteiger partial charge in [0.1, 0.15) is 0 Å². The fraction of sp³-hybridized carbons (Fsp3) is 0.700. The molecule has 1 heterocycles. The first-order valence-corrected chi connectivity index (χ1v) is 9.37. The van der Waals surface area contributed by atoms with E-state index in [1.807, 2.05) is 0 Å². The Hall–Kier alpha value is -0.900. The highest BCUT2D eigenvalue weighted by Gasteiger charge is 2.31. The summed E-state index contributed by atoms with van der Waals surface area (Å²) in [6.07, 6.45) is 7.18. The maximum atomic E-state index is 10.2. The average Bonchev–Trinajstić information content (AvgIpc) is 2.57. The molecule has 3 nitrogen and oxygen atoms in total. The number of piperidine rings is 1. The van der Waals surface area contributed by atoms with Crippen LogP contribution in [0.5, 0.6) is 0 Å². The van der Waals surface area contributed by atoms with Crippen molar-refractivity contribution in [3.63, 3.8) is 0 Å². The summed E-state index contributed by atoms with van der Waals surface area (Å²) < 4.78 is 0. The summed E-state index contributed by atoms with van der Waals surface area (Å²) in [6, 6.07) is 11.2. The third kappa shape index (κ3) is 4.79. The summed E-state index contributed by atoms with van der Waals surface area (Å²) in [6.45, 7) is 4.58. The van der Waals surface area contributed by atoms with Crippen LogP contribution in [0.15, 0.2) is 30.3 Å². The number of hydrogen-bond acceptors (Lipinski definition) is 3. The normalized spacial score (nSPS) is 27.4. The topological polar surface area (TPSA) is 26.7 Å². The summed E-state index contributed by atoms with van der Waals surface area (Å²) in [5.74, 6) is 0.806. The number of nitrogens with zero attached hydrogens (tertiary/aromatic N) is 2. The molecule has 2 aliphatic rings. The molecule has 0 amide bonds. The molecule has 2 atom stereocenters. The fourth-order valence-electron chi connectivity index (χ4n) is 4.39. The Balaban J connectivity index is 1.42. The van der Waals surface area contributed by atoms with Crippen LogP contribution < -0.4 is 0 Å². The molecule has 1 saturated carbocycles. The molecule has 1 aromatic carbocycles. The average molecular weight is 316 g/mol. The molecule has 0 unspecified atom stereocenters. The highest BCUT2D eigenvalue weighted by molar-refractivity contribution is 5.14. The first-order valence-electron chi connectivity index (χ1n) is 9.37. The Morgan fingerprint density at radius 2 is 1.74 bits per heavy atom. The molecule has 1 aromatic rings. The highest BCUT2D eigenvalue weighted by Crippen LogP contribution is 2.27. The second-order valence-corrected chi connectivity index (χ2v) is 7.58. The molecular weight excluding hydrogens is 284 g/mol. The highest BCUT2D eigenvalue weighted by atomic mass is 16.3. The SMILES string of the molecule is CN(Cc1ccccc1)CC1CCN([C@@H]2CCCC[C@@H]2O)CC1. The third-order valence-electron chi connectivity index (χ3n) is 5.68. The van der Waals surface area contributed by atoms with Crippen molar-refractivity contribution in [3.05, 3.63) is 35.9 Å². The van der Waals surface area contributed by atoms with Crippen molar-refractivity contribution >= 4 is 0 Å². The summed E-state index contributed by atoms with van der Waals surface area (Å²) in [5, 5.41) is 10.2. The van der Waals surface area contributed by atoms with Gasteiger partial charge in [-0.3, -0.25) is 4.90 Å². The van der Waals surface area contributed by atoms with Crippen LogP contribution in [-0.4, -0.2) is 53.7 Å². The van der Waals surface area contributed by atoms with Crippen LogP contribution in [0.3, 0.4) is 0 Å². The molecule has 1 saturated heterocycles. The zero-order valence-corrected chi connectivity index (χ0v) is 14.5. The monoisotopic (exact) mass is 316 g/mol. The van der Waals surface area contributed by atoms with Crippen LogP contribution >= 0.6 is 0 Å². The summed E-state index contributed by atoms with van der Waals surface area (Å²) >= 11 is 0. The van der Waals surface area contributed by atoms with Gasteiger partial charge in [0.15, 0.2) is 0 Å². The van der Waals surface area contributed by atoms with Gasteiger partial charge < -0.3 is 10.0 Å². The predicted octanol–water partition coefficient (Wildman–Crippen LogP) is 3.13. The zero-order valence-electron chi connectivity index (χ0n) is 14.5. The van der Waals surface area contributed by atoms with Crippen LogP contribution in [0.25, 0.3) is 0 Å². The molecule has 0 spiro atoms. The van der Waals surface area contributed by atoms with E-state index in [2.05, 4.69) is 47.2 Å². The lowest BCUT2D eigenvalue weighted by Crippen LogP contribution is -2.49. The zero-order chi connectivity index (χ0) is 16.1. The van der Waals surface area contributed by atoms with E-state index in [1.165, 1.54) is 57.3 Å². The van der Waals surface area contributed by atoms with Gasteiger partial charge in [0.25, 0.3) is 0 Å². The molecule has 1 aliphatic carbocycles. The first-order chi connectivity index (χ1) is 11.2. The molecule has 3 heteroatoms. The van der Waals surface area contributed by atoms with E-state index in [0.29, 0.717) is 6.04 Å².